The van der Waals surface area contributed by atoms with Gasteiger partial charge in [0.1, 0.15) is 11.5 Å². The van der Waals surface area contributed by atoms with Gasteiger partial charge in [-0.1, -0.05) is 6.07 Å². The summed E-state index contributed by atoms with van der Waals surface area (Å²) in [5.74, 6) is 2.99. The number of fused-ring (bicyclic) bond motifs is 3. The average Bonchev–Trinajstić information content (AvgIpc) is 3.25. The van der Waals surface area contributed by atoms with Crippen LogP contribution in [0.4, 0.5) is 0 Å². The smallest absolute Gasteiger partial charge is 0.231 e. The van der Waals surface area contributed by atoms with Crippen LogP contribution in [0.1, 0.15) is 5.76 Å². The van der Waals surface area contributed by atoms with Crippen LogP contribution in [0.5, 0.6) is 23.0 Å². The van der Waals surface area contributed by atoms with Gasteiger partial charge in [-0.15, -0.1) is 0 Å². The molecule has 26 heavy (non-hydrogen) atoms. The van der Waals surface area contributed by atoms with E-state index in [1.165, 1.54) is 0 Å². The van der Waals surface area contributed by atoms with Crippen molar-refractivity contribution in [1.82, 2.24) is 0 Å². The molecule has 1 aromatic heterocycles. The number of aromatic hydroxyl groups is 1. The summed E-state index contributed by atoms with van der Waals surface area (Å²) in [5, 5.41) is 13.5. The van der Waals surface area contributed by atoms with Crippen molar-refractivity contribution in [2.24, 2.45) is 0 Å². The predicted molar refractivity (Wildman–Crippen MR) is 98.2 cm³/mol. The molecule has 1 N–H and O–H groups in total. The van der Waals surface area contributed by atoms with Crippen LogP contribution in [0.15, 0.2) is 46.9 Å². The monoisotopic (exact) mass is 348 g/mol. The molecule has 1 aliphatic rings. The van der Waals surface area contributed by atoms with Crippen molar-refractivity contribution >= 4 is 21.7 Å². The molecular formula is C21H16O5. The molecular weight excluding hydrogens is 332 g/mol. The van der Waals surface area contributed by atoms with Gasteiger partial charge in [0, 0.05) is 16.3 Å². The number of furan rings is 1. The number of hydrogen-bond donors (Lipinski definition) is 1. The number of phenols is 1. The fourth-order valence-corrected chi connectivity index (χ4v) is 3.53. The van der Waals surface area contributed by atoms with Crippen molar-refractivity contribution in [3.8, 4) is 34.1 Å². The molecule has 0 atom stereocenters. The summed E-state index contributed by atoms with van der Waals surface area (Å²) < 4.78 is 22.1. The van der Waals surface area contributed by atoms with E-state index < -0.39 is 0 Å². The van der Waals surface area contributed by atoms with E-state index in [1.54, 1.807) is 7.11 Å². The van der Waals surface area contributed by atoms with Gasteiger partial charge < -0.3 is 23.7 Å². The summed E-state index contributed by atoms with van der Waals surface area (Å²) in [6, 6.07) is 13.3. The minimum atomic E-state index is 0.200. The second-order valence-electron chi connectivity index (χ2n) is 6.30. The van der Waals surface area contributed by atoms with Crippen LogP contribution in [0, 0.1) is 6.92 Å². The Morgan fingerprint density at radius 2 is 1.69 bits per heavy atom. The van der Waals surface area contributed by atoms with Gasteiger partial charge in [0.25, 0.3) is 0 Å². The van der Waals surface area contributed by atoms with E-state index in [2.05, 4.69) is 0 Å². The summed E-state index contributed by atoms with van der Waals surface area (Å²) in [6.45, 7) is 2.09. The lowest BCUT2D eigenvalue weighted by molar-refractivity contribution is 0.174. The predicted octanol–water partition coefficient (Wildman–Crippen LogP) is 5.00. The third-order valence-electron chi connectivity index (χ3n) is 4.77. The van der Waals surface area contributed by atoms with E-state index in [4.69, 9.17) is 18.6 Å². The standard InChI is InChI=1S/C21H16O5/c1-11-7-16-13(5-6-17(23-2)21(16)26-11)14-4-3-12-8-18-19(25-10-24-18)9-15(12)20(14)22/h3-9,22H,10H2,1-2H3. The molecule has 0 spiro atoms. The lowest BCUT2D eigenvalue weighted by Crippen LogP contribution is -1.92. The van der Waals surface area contributed by atoms with E-state index in [-0.39, 0.29) is 12.5 Å². The topological polar surface area (TPSA) is 61.1 Å². The van der Waals surface area contributed by atoms with Gasteiger partial charge >= 0.3 is 0 Å². The van der Waals surface area contributed by atoms with E-state index in [0.29, 0.717) is 22.8 Å². The Balaban J connectivity index is 1.78. The number of aryl methyl sites for hydroxylation is 1. The Morgan fingerprint density at radius 1 is 0.923 bits per heavy atom. The average molecular weight is 348 g/mol. The molecule has 5 rings (SSSR count). The first-order valence-electron chi connectivity index (χ1n) is 8.28. The van der Waals surface area contributed by atoms with Gasteiger partial charge in [0.05, 0.1) is 7.11 Å². The number of rotatable bonds is 2. The molecule has 0 fully saturated rings. The molecule has 2 heterocycles. The van der Waals surface area contributed by atoms with Crippen LogP contribution in [0.2, 0.25) is 0 Å². The van der Waals surface area contributed by atoms with Gasteiger partial charge in [-0.05, 0) is 54.3 Å². The second-order valence-corrected chi connectivity index (χ2v) is 6.30. The van der Waals surface area contributed by atoms with Crippen LogP contribution in [0.25, 0.3) is 32.9 Å². The molecule has 0 aliphatic carbocycles. The van der Waals surface area contributed by atoms with Gasteiger partial charge in [-0.3, -0.25) is 0 Å². The number of methoxy groups -OCH3 is 1. The maximum absolute atomic E-state index is 11.0. The fourth-order valence-electron chi connectivity index (χ4n) is 3.53. The lowest BCUT2D eigenvalue weighted by Gasteiger charge is -2.11. The van der Waals surface area contributed by atoms with Crippen molar-refractivity contribution in [3.05, 3.63) is 48.2 Å². The summed E-state index contributed by atoms with van der Waals surface area (Å²) >= 11 is 0. The number of ether oxygens (including phenoxy) is 3. The maximum Gasteiger partial charge on any atom is 0.231 e. The maximum atomic E-state index is 11.0. The zero-order valence-electron chi connectivity index (χ0n) is 14.3. The second kappa shape index (κ2) is 5.33. The van der Waals surface area contributed by atoms with Crippen LogP contribution < -0.4 is 14.2 Å². The van der Waals surface area contributed by atoms with Gasteiger partial charge in [-0.25, -0.2) is 0 Å². The molecule has 0 bridgehead atoms. The first kappa shape index (κ1) is 15.0. The molecule has 5 heteroatoms. The molecule has 3 aromatic carbocycles. The van der Waals surface area contributed by atoms with Crippen LogP contribution in [0.3, 0.4) is 0 Å². The van der Waals surface area contributed by atoms with E-state index in [0.717, 1.165) is 33.0 Å². The Hall–Kier alpha value is -3.34. The molecule has 0 radical (unpaired) electrons. The molecule has 4 aromatic rings. The van der Waals surface area contributed by atoms with E-state index in [9.17, 15) is 5.11 Å². The Bertz CT molecular complexity index is 1170. The highest BCUT2D eigenvalue weighted by atomic mass is 16.7. The molecule has 130 valence electrons. The normalized spacial score (nSPS) is 12.8. The summed E-state index contributed by atoms with van der Waals surface area (Å²) in [6.07, 6.45) is 0. The van der Waals surface area contributed by atoms with E-state index in [1.807, 2.05) is 49.4 Å². The third kappa shape index (κ3) is 2.03. The number of hydrogen-bond acceptors (Lipinski definition) is 5. The summed E-state index contributed by atoms with van der Waals surface area (Å²) in [7, 11) is 1.61. The van der Waals surface area contributed by atoms with Crippen LogP contribution in [-0.4, -0.2) is 19.0 Å². The highest BCUT2D eigenvalue weighted by molar-refractivity contribution is 6.03. The Morgan fingerprint density at radius 3 is 2.50 bits per heavy atom. The zero-order chi connectivity index (χ0) is 17.8. The van der Waals surface area contributed by atoms with E-state index >= 15 is 0 Å². The van der Waals surface area contributed by atoms with Crippen LogP contribution >= 0.6 is 0 Å². The molecule has 0 amide bonds. The molecule has 0 saturated heterocycles. The highest BCUT2D eigenvalue weighted by Gasteiger charge is 2.19. The molecule has 1 aliphatic heterocycles. The third-order valence-corrected chi connectivity index (χ3v) is 4.77. The minimum Gasteiger partial charge on any atom is -0.507 e. The van der Waals surface area contributed by atoms with Crippen molar-refractivity contribution in [2.45, 2.75) is 6.92 Å². The molecule has 5 nitrogen and oxygen atoms in total. The highest BCUT2D eigenvalue weighted by Crippen LogP contribution is 2.45. The zero-order valence-corrected chi connectivity index (χ0v) is 14.3. The molecule has 0 unspecified atom stereocenters. The van der Waals surface area contributed by atoms with Gasteiger partial charge in [-0.2, -0.15) is 0 Å². The minimum absolute atomic E-state index is 0.200. The first-order chi connectivity index (χ1) is 12.7. The number of phenolic OH excluding ortho intramolecular Hbond substituents is 1. The van der Waals surface area contributed by atoms with Gasteiger partial charge in [0.15, 0.2) is 22.8 Å². The SMILES string of the molecule is COc1ccc(-c2ccc3cc4c(cc3c2O)OCO4)c2cc(C)oc12. The number of benzene rings is 3. The van der Waals surface area contributed by atoms with Crippen molar-refractivity contribution < 1.29 is 23.7 Å². The Labute approximate surface area is 149 Å². The summed E-state index contributed by atoms with van der Waals surface area (Å²) in [5.41, 5.74) is 2.28. The van der Waals surface area contributed by atoms with Crippen molar-refractivity contribution in [2.75, 3.05) is 13.9 Å². The Kier molecular flexibility index (Phi) is 3.06. The summed E-state index contributed by atoms with van der Waals surface area (Å²) in [4.78, 5) is 0. The van der Waals surface area contributed by atoms with Gasteiger partial charge in [0.2, 0.25) is 6.79 Å². The quantitative estimate of drug-likeness (QED) is 0.552. The first-order valence-corrected chi connectivity index (χ1v) is 8.28. The van der Waals surface area contributed by atoms with Crippen LogP contribution in [-0.2, 0) is 0 Å². The fraction of sp³-hybridized carbons (Fsp3) is 0.143. The largest absolute Gasteiger partial charge is 0.507 e. The molecule has 0 saturated carbocycles. The van der Waals surface area contributed by atoms with Crippen molar-refractivity contribution in [3.63, 3.8) is 0 Å². The lowest BCUT2D eigenvalue weighted by atomic mass is 9.96. The van der Waals surface area contributed by atoms with Crippen molar-refractivity contribution in [1.29, 1.82) is 0 Å².